The lowest BCUT2D eigenvalue weighted by atomic mass is 10.5. The molecule has 12 heavy (non-hydrogen) atoms. The summed E-state index contributed by atoms with van der Waals surface area (Å²) in [5.41, 5.74) is 0. The van der Waals surface area contributed by atoms with Crippen molar-refractivity contribution in [1.82, 2.24) is 0 Å². The molecule has 0 fully saturated rings. The van der Waals surface area contributed by atoms with E-state index in [1.807, 2.05) is 0 Å². The summed E-state index contributed by atoms with van der Waals surface area (Å²) < 4.78 is 0. The highest BCUT2D eigenvalue weighted by atomic mass is 28.3. The van der Waals surface area contributed by atoms with Gasteiger partial charge in [0.25, 0.3) is 0 Å². The van der Waals surface area contributed by atoms with E-state index in [0.29, 0.717) is 6.54 Å². The van der Waals surface area contributed by atoms with E-state index in [-0.39, 0.29) is 0 Å². The van der Waals surface area contributed by atoms with Gasteiger partial charge in [0.05, 0.1) is 6.54 Å². The molecule has 0 radical (unpaired) electrons. The molecule has 0 unspecified atom stereocenters. The van der Waals surface area contributed by atoms with Crippen molar-refractivity contribution < 1.29 is 4.79 Å². The number of isocyanates is 1. The van der Waals surface area contributed by atoms with E-state index in [9.17, 15) is 4.79 Å². The maximum absolute atomic E-state index is 9.79. The topological polar surface area (TPSA) is 29.4 Å². The fourth-order valence-corrected chi connectivity index (χ4v) is 3.45. The van der Waals surface area contributed by atoms with Gasteiger partial charge in [0, 0.05) is 8.07 Å². The standard InChI is InChI=1S/C9H19NOSi/c1-4-12(3,5-2)8-6-7-10-9-11/h4-8H2,1-3H3. The number of carbonyl (C=O) groups excluding carboxylic acids is 1. The molecule has 0 rings (SSSR count). The van der Waals surface area contributed by atoms with Gasteiger partial charge in [-0.05, 0) is 6.42 Å². The summed E-state index contributed by atoms with van der Waals surface area (Å²) in [6, 6.07) is 3.98. The third-order valence-electron chi connectivity index (χ3n) is 2.82. The minimum absolute atomic E-state index is 0.673. The van der Waals surface area contributed by atoms with Crippen LogP contribution >= 0.6 is 0 Å². The molecular weight excluding hydrogens is 166 g/mol. The number of hydrogen-bond acceptors (Lipinski definition) is 2. The van der Waals surface area contributed by atoms with Crippen LogP contribution in [0.25, 0.3) is 0 Å². The molecule has 0 heterocycles. The van der Waals surface area contributed by atoms with Crippen molar-refractivity contribution in [3.8, 4) is 0 Å². The van der Waals surface area contributed by atoms with Crippen molar-refractivity contribution in [2.45, 2.75) is 44.9 Å². The van der Waals surface area contributed by atoms with E-state index >= 15 is 0 Å². The molecule has 0 atom stereocenters. The molecule has 0 saturated heterocycles. The average molecular weight is 185 g/mol. The zero-order chi connectivity index (χ0) is 9.45. The number of rotatable bonds is 6. The fourth-order valence-electron chi connectivity index (χ4n) is 1.23. The normalized spacial score (nSPS) is 10.9. The summed E-state index contributed by atoms with van der Waals surface area (Å²) >= 11 is 0. The zero-order valence-corrected chi connectivity index (χ0v) is 9.39. The Morgan fingerprint density at radius 1 is 1.33 bits per heavy atom. The Hall–Kier alpha value is -0.403. The SMILES string of the molecule is CC[Si](C)(CC)CCCN=C=O. The molecule has 0 aliphatic rings. The molecule has 0 aliphatic heterocycles. The van der Waals surface area contributed by atoms with Crippen LogP contribution in [-0.4, -0.2) is 20.7 Å². The lowest BCUT2D eigenvalue weighted by molar-refractivity contribution is 0.562. The predicted octanol–water partition coefficient (Wildman–Crippen LogP) is 2.83. The summed E-state index contributed by atoms with van der Waals surface area (Å²) in [6.45, 7) is 7.65. The maximum atomic E-state index is 9.79. The molecule has 0 aliphatic carbocycles. The van der Waals surface area contributed by atoms with Gasteiger partial charge in [0.1, 0.15) is 0 Å². The molecule has 0 amide bonds. The Labute approximate surface area is 76.1 Å². The van der Waals surface area contributed by atoms with E-state index in [2.05, 4.69) is 25.4 Å². The van der Waals surface area contributed by atoms with E-state index in [1.54, 1.807) is 6.08 Å². The Bertz CT molecular complexity index is 160. The lowest BCUT2D eigenvalue weighted by Crippen LogP contribution is -2.27. The monoisotopic (exact) mass is 185 g/mol. The first-order chi connectivity index (χ1) is 5.68. The van der Waals surface area contributed by atoms with Crippen molar-refractivity contribution in [1.29, 1.82) is 0 Å². The smallest absolute Gasteiger partial charge is 0.211 e. The molecule has 0 aromatic carbocycles. The summed E-state index contributed by atoms with van der Waals surface area (Å²) in [7, 11) is -0.937. The molecule has 3 heteroatoms. The molecule has 0 spiro atoms. The quantitative estimate of drug-likeness (QED) is 0.271. The molecule has 70 valence electrons. The second kappa shape index (κ2) is 6.15. The molecule has 0 bridgehead atoms. The van der Waals surface area contributed by atoms with Gasteiger partial charge in [0.2, 0.25) is 6.08 Å². The third-order valence-corrected chi connectivity index (χ3v) is 7.80. The van der Waals surface area contributed by atoms with E-state index < -0.39 is 8.07 Å². The minimum Gasteiger partial charge on any atom is -0.211 e. The van der Waals surface area contributed by atoms with Crippen LogP contribution in [0.4, 0.5) is 0 Å². The molecule has 0 aromatic rings. The van der Waals surface area contributed by atoms with E-state index in [0.717, 1.165) is 6.42 Å². The summed E-state index contributed by atoms with van der Waals surface area (Å²) in [4.78, 5) is 13.3. The molecular formula is C9H19NOSi. The van der Waals surface area contributed by atoms with Crippen LogP contribution in [0.15, 0.2) is 4.99 Å². The van der Waals surface area contributed by atoms with Gasteiger partial charge in [-0.25, -0.2) is 9.79 Å². The summed E-state index contributed by atoms with van der Waals surface area (Å²) in [6.07, 6.45) is 2.65. The Balaban J connectivity index is 3.65. The predicted molar refractivity (Wildman–Crippen MR) is 55.0 cm³/mol. The van der Waals surface area contributed by atoms with Gasteiger partial charge in [-0.1, -0.05) is 38.5 Å². The van der Waals surface area contributed by atoms with Crippen LogP contribution in [0.2, 0.25) is 24.7 Å². The van der Waals surface area contributed by atoms with Crippen molar-refractivity contribution >= 4 is 14.2 Å². The van der Waals surface area contributed by atoms with Crippen molar-refractivity contribution in [3.63, 3.8) is 0 Å². The first kappa shape index (κ1) is 11.6. The van der Waals surface area contributed by atoms with Crippen LogP contribution in [0.1, 0.15) is 20.3 Å². The van der Waals surface area contributed by atoms with Crippen LogP contribution in [0.3, 0.4) is 0 Å². The molecule has 0 aromatic heterocycles. The van der Waals surface area contributed by atoms with Gasteiger partial charge in [-0.3, -0.25) is 0 Å². The number of nitrogens with zero attached hydrogens (tertiary/aromatic N) is 1. The fraction of sp³-hybridized carbons (Fsp3) is 0.889. The largest absolute Gasteiger partial charge is 0.234 e. The van der Waals surface area contributed by atoms with Gasteiger partial charge in [-0.15, -0.1) is 0 Å². The van der Waals surface area contributed by atoms with Crippen molar-refractivity contribution in [3.05, 3.63) is 0 Å². The van der Waals surface area contributed by atoms with Crippen LogP contribution in [0, 0.1) is 0 Å². The molecule has 2 nitrogen and oxygen atoms in total. The highest BCUT2D eigenvalue weighted by Crippen LogP contribution is 2.21. The Morgan fingerprint density at radius 2 is 1.92 bits per heavy atom. The molecule has 0 N–H and O–H groups in total. The average Bonchev–Trinajstić information content (AvgIpc) is 2.12. The van der Waals surface area contributed by atoms with E-state index in [1.165, 1.54) is 18.1 Å². The zero-order valence-electron chi connectivity index (χ0n) is 8.39. The summed E-state index contributed by atoms with van der Waals surface area (Å²) in [5, 5.41) is 0. The lowest BCUT2D eigenvalue weighted by Gasteiger charge is -2.23. The summed E-state index contributed by atoms with van der Waals surface area (Å²) in [5.74, 6) is 0. The second-order valence-corrected chi connectivity index (χ2v) is 9.13. The number of aliphatic imine (C=N–C) groups is 1. The van der Waals surface area contributed by atoms with Gasteiger partial charge < -0.3 is 0 Å². The maximum Gasteiger partial charge on any atom is 0.234 e. The van der Waals surface area contributed by atoms with Gasteiger partial charge in [0.15, 0.2) is 0 Å². The molecule has 0 saturated carbocycles. The second-order valence-electron chi connectivity index (χ2n) is 3.59. The first-order valence-corrected chi connectivity index (χ1v) is 7.84. The van der Waals surface area contributed by atoms with Gasteiger partial charge in [-0.2, -0.15) is 0 Å². The minimum atomic E-state index is -0.937. The van der Waals surface area contributed by atoms with Crippen molar-refractivity contribution in [2.24, 2.45) is 4.99 Å². The highest BCUT2D eigenvalue weighted by molar-refractivity contribution is 6.78. The van der Waals surface area contributed by atoms with Crippen molar-refractivity contribution in [2.75, 3.05) is 6.54 Å². The van der Waals surface area contributed by atoms with Gasteiger partial charge >= 0.3 is 0 Å². The van der Waals surface area contributed by atoms with Crippen LogP contribution < -0.4 is 0 Å². The van der Waals surface area contributed by atoms with Crippen LogP contribution in [0.5, 0.6) is 0 Å². The number of hydrogen-bond donors (Lipinski definition) is 0. The first-order valence-electron chi connectivity index (χ1n) is 4.72. The highest BCUT2D eigenvalue weighted by Gasteiger charge is 2.20. The van der Waals surface area contributed by atoms with E-state index in [4.69, 9.17) is 0 Å². The Morgan fingerprint density at radius 3 is 2.33 bits per heavy atom. The third kappa shape index (κ3) is 4.47. The van der Waals surface area contributed by atoms with Crippen LogP contribution in [-0.2, 0) is 4.79 Å². The Kier molecular flexibility index (Phi) is 5.94.